The average Bonchev–Trinajstić information content (AvgIpc) is 2.35. The van der Waals surface area contributed by atoms with E-state index >= 15 is 0 Å². The minimum Gasteiger partial charge on any atom is -0.306 e. The molecule has 0 saturated heterocycles. The highest BCUT2D eigenvalue weighted by molar-refractivity contribution is 5.37. The van der Waals surface area contributed by atoms with Crippen molar-refractivity contribution < 1.29 is 0 Å². The summed E-state index contributed by atoms with van der Waals surface area (Å²) in [5, 5.41) is 0. The number of hydrazine groups is 2. The van der Waals surface area contributed by atoms with Gasteiger partial charge in [-0.3, -0.25) is 10.9 Å². The number of hydrogen-bond acceptors (Lipinski definition) is 4. The maximum absolute atomic E-state index is 2.98. The van der Waals surface area contributed by atoms with Crippen LogP contribution in [0, 0.1) is 0 Å². The zero-order valence-corrected chi connectivity index (χ0v) is 5.08. The lowest BCUT2D eigenvalue weighted by Gasteiger charge is -1.97. The lowest BCUT2D eigenvalue weighted by atomic mass is 10.3. The van der Waals surface area contributed by atoms with Crippen molar-refractivity contribution in [2.45, 2.75) is 6.92 Å². The molecule has 0 fully saturated rings. The van der Waals surface area contributed by atoms with Gasteiger partial charge in [0.2, 0.25) is 0 Å². The minimum absolute atomic E-state index is 1.08. The molecule has 0 spiro atoms. The fraction of sp³-hybridized carbons (Fsp3) is 0.200. The molecule has 0 aliphatic carbocycles. The van der Waals surface area contributed by atoms with E-state index in [1.54, 1.807) is 0 Å². The molecule has 2 heterocycles. The summed E-state index contributed by atoms with van der Waals surface area (Å²) in [6, 6.07) is 0. The van der Waals surface area contributed by atoms with E-state index in [2.05, 4.69) is 21.7 Å². The molecule has 9 heavy (non-hydrogen) atoms. The predicted octanol–water partition coefficient (Wildman–Crippen LogP) is -0.725. The van der Waals surface area contributed by atoms with Crippen LogP contribution in [0.15, 0.2) is 23.3 Å². The van der Waals surface area contributed by atoms with Crippen LogP contribution in [0.25, 0.3) is 0 Å². The zero-order valence-electron chi connectivity index (χ0n) is 5.08. The summed E-state index contributed by atoms with van der Waals surface area (Å²) in [6.07, 6.45) is 1.87. The standard InChI is InChI=1S/C5H8N4/c1-3-5-4(8-7-3)2-6-9-5/h2,6-9H,1H3. The van der Waals surface area contributed by atoms with Crippen molar-refractivity contribution in [1.82, 2.24) is 21.7 Å². The van der Waals surface area contributed by atoms with Crippen LogP contribution < -0.4 is 21.7 Å². The van der Waals surface area contributed by atoms with E-state index in [9.17, 15) is 0 Å². The highest BCUT2D eigenvalue weighted by Gasteiger charge is 2.18. The monoisotopic (exact) mass is 124 g/mol. The van der Waals surface area contributed by atoms with E-state index in [0.717, 1.165) is 17.1 Å². The third-order valence-electron chi connectivity index (χ3n) is 1.44. The first-order valence-corrected chi connectivity index (χ1v) is 2.83. The molecule has 0 amide bonds. The fourth-order valence-corrected chi connectivity index (χ4v) is 0.938. The van der Waals surface area contributed by atoms with Crippen molar-refractivity contribution in [1.29, 1.82) is 0 Å². The maximum atomic E-state index is 2.98. The molecule has 2 rings (SSSR count). The second-order valence-corrected chi connectivity index (χ2v) is 2.08. The van der Waals surface area contributed by atoms with E-state index in [0.29, 0.717) is 0 Å². The largest absolute Gasteiger partial charge is 0.306 e. The Kier molecular flexibility index (Phi) is 0.677. The molecule has 4 heteroatoms. The van der Waals surface area contributed by atoms with Crippen LogP contribution in [0.1, 0.15) is 6.92 Å². The van der Waals surface area contributed by atoms with Gasteiger partial charge in [-0.15, -0.1) is 0 Å². The second kappa shape index (κ2) is 1.34. The van der Waals surface area contributed by atoms with Crippen LogP contribution in [0.4, 0.5) is 0 Å². The van der Waals surface area contributed by atoms with Gasteiger partial charge in [-0.2, -0.15) is 0 Å². The van der Waals surface area contributed by atoms with Crippen LogP contribution >= 0.6 is 0 Å². The summed E-state index contributed by atoms with van der Waals surface area (Å²) in [5.74, 6) is 0. The third-order valence-corrected chi connectivity index (χ3v) is 1.44. The summed E-state index contributed by atoms with van der Waals surface area (Å²) in [4.78, 5) is 0. The zero-order chi connectivity index (χ0) is 6.27. The molecule has 0 aromatic heterocycles. The number of allylic oxidation sites excluding steroid dienone is 1. The van der Waals surface area contributed by atoms with Gasteiger partial charge in [-0.1, -0.05) is 0 Å². The first kappa shape index (κ1) is 4.55. The van der Waals surface area contributed by atoms with Gasteiger partial charge in [0.1, 0.15) is 5.70 Å². The highest BCUT2D eigenvalue weighted by Crippen LogP contribution is 2.13. The number of rotatable bonds is 0. The van der Waals surface area contributed by atoms with Crippen molar-refractivity contribution >= 4 is 0 Å². The Morgan fingerprint density at radius 1 is 1.22 bits per heavy atom. The Morgan fingerprint density at radius 3 is 2.89 bits per heavy atom. The van der Waals surface area contributed by atoms with Crippen LogP contribution in [-0.4, -0.2) is 0 Å². The molecule has 0 atom stereocenters. The molecule has 48 valence electrons. The summed E-state index contributed by atoms with van der Waals surface area (Å²) in [5.41, 5.74) is 15.1. The van der Waals surface area contributed by atoms with Gasteiger partial charge in [0.25, 0.3) is 0 Å². The molecule has 0 aromatic carbocycles. The lowest BCUT2D eigenvalue weighted by Crippen LogP contribution is -2.23. The maximum Gasteiger partial charge on any atom is 0.101 e. The van der Waals surface area contributed by atoms with Crippen LogP contribution in [0.5, 0.6) is 0 Å². The quantitative estimate of drug-likeness (QED) is 0.344. The molecule has 4 nitrogen and oxygen atoms in total. The topological polar surface area (TPSA) is 48.1 Å². The predicted molar refractivity (Wildman–Crippen MR) is 33.3 cm³/mol. The number of hydrogen-bond donors (Lipinski definition) is 4. The Labute approximate surface area is 52.9 Å². The molecule has 0 aromatic rings. The molecule has 0 bridgehead atoms. The summed E-state index contributed by atoms with van der Waals surface area (Å²) < 4.78 is 0. The summed E-state index contributed by atoms with van der Waals surface area (Å²) >= 11 is 0. The molecule has 0 radical (unpaired) electrons. The smallest absolute Gasteiger partial charge is 0.101 e. The summed E-state index contributed by atoms with van der Waals surface area (Å²) in [7, 11) is 0. The van der Waals surface area contributed by atoms with Crippen molar-refractivity contribution in [2.75, 3.05) is 0 Å². The van der Waals surface area contributed by atoms with Crippen molar-refractivity contribution in [3.8, 4) is 0 Å². The first-order chi connectivity index (χ1) is 4.38. The van der Waals surface area contributed by atoms with Crippen molar-refractivity contribution in [2.24, 2.45) is 0 Å². The Bertz CT molecular complexity index is 200. The number of nitrogens with one attached hydrogen (secondary N) is 4. The third kappa shape index (κ3) is 0.468. The Hall–Kier alpha value is -1.32. The molecular weight excluding hydrogens is 116 g/mol. The summed E-state index contributed by atoms with van der Waals surface area (Å²) in [6.45, 7) is 2.00. The lowest BCUT2D eigenvalue weighted by molar-refractivity contribution is 0.731. The van der Waals surface area contributed by atoms with E-state index in [1.165, 1.54) is 0 Å². The van der Waals surface area contributed by atoms with E-state index in [1.807, 2.05) is 13.1 Å². The second-order valence-electron chi connectivity index (χ2n) is 2.08. The van der Waals surface area contributed by atoms with Gasteiger partial charge in [0.15, 0.2) is 0 Å². The molecule has 2 aliphatic heterocycles. The Morgan fingerprint density at radius 2 is 2.11 bits per heavy atom. The van der Waals surface area contributed by atoms with Gasteiger partial charge < -0.3 is 10.9 Å². The normalized spacial score (nSPS) is 21.2. The molecule has 0 saturated carbocycles. The highest BCUT2D eigenvalue weighted by atomic mass is 15.5. The van der Waals surface area contributed by atoms with Crippen LogP contribution in [-0.2, 0) is 0 Å². The average molecular weight is 124 g/mol. The van der Waals surface area contributed by atoms with E-state index in [-0.39, 0.29) is 0 Å². The van der Waals surface area contributed by atoms with Gasteiger partial charge in [0, 0.05) is 6.20 Å². The van der Waals surface area contributed by atoms with Crippen LogP contribution in [0.2, 0.25) is 0 Å². The van der Waals surface area contributed by atoms with Crippen molar-refractivity contribution in [3.05, 3.63) is 23.3 Å². The van der Waals surface area contributed by atoms with E-state index < -0.39 is 0 Å². The minimum atomic E-state index is 1.08. The molecule has 0 unspecified atom stereocenters. The van der Waals surface area contributed by atoms with Gasteiger partial charge >= 0.3 is 0 Å². The Balaban J connectivity index is 2.42. The molecule has 4 N–H and O–H groups in total. The van der Waals surface area contributed by atoms with Crippen molar-refractivity contribution in [3.63, 3.8) is 0 Å². The SMILES string of the molecule is CC1=C2NNC=C2NN1. The fourth-order valence-electron chi connectivity index (χ4n) is 0.938. The van der Waals surface area contributed by atoms with Gasteiger partial charge in [0.05, 0.1) is 11.4 Å². The van der Waals surface area contributed by atoms with Gasteiger partial charge in [-0.25, -0.2) is 0 Å². The van der Waals surface area contributed by atoms with E-state index in [4.69, 9.17) is 0 Å². The first-order valence-electron chi connectivity index (χ1n) is 2.83. The van der Waals surface area contributed by atoms with Gasteiger partial charge in [-0.05, 0) is 6.92 Å². The molecule has 2 aliphatic rings. The number of fused-ring (bicyclic) bond motifs is 1. The molecular formula is C5H8N4. The van der Waals surface area contributed by atoms with Crippen LogP contribution in [0.3, 0.4) is 0 Å².